The number of carbonyl (C=O) groups is 6. The standard InChI is InChI=1S/C43H48N4O9/c1-5-43(55)32-20-34-39-30(21-47(34)41(53)31(32)22-56-42(43)54)28-12-9-11-27-25(13-14-33(45-39)38(27)28)18-35(49)24(4)44-40(52)29(23(2)3)19-26(48)10-7-6-8-17-46-36(50)15-16-37(46)51/h13-16,20,23-24,29,55H,5-12,17-19,21-22H2,1-4H3,(H,44,52)/t24-,29-,43-/m0/s1. The number of Topliss-reactive ketones (excluding diaryl/α,β-unsaturated/α-hetero) is 2. The molecule has 0 saturated heterocycles. The number of hydrogen-bond donors (Lipinski definition) is 2. The van der Waals surface area contributed by atoms with Crippen LogP contribution in [0.2, 0.25) is 0 Å². The summed E-state index contributed by atoms with van der Waals surface area (Å²) in [5.74, 6) is -2.65. The number of imide groups is 1. The molecule has 4 aliphatic rings. The third kappa shape index (κ3) is 6.90. The summed E-state index contributed by atoms with van der Waals surface area (Å²) in [6.45, 7) is 7.53. The van der Waals surface area contributed by atoms with Crippen LogP contribution in [-0.4, -0.2) is 67.4 Å². The molecule has 3 amide bonds. The fourth-order valence-electron chi connectivity index (χ4n) is 8.69. The minimum Gasteiger partial charge on any atom is -0.458 e. The quantitative estimate of drug-likeness (QED) is 0.102. The highest BCUT2D eigenvalue weighted by Gasteiger charge is 2.45. The lowest BCUT2D eigenvalue weighted by Gasteiger charge is -2.31. The Labute approximate surface area is 324 Å². The van der Waals surface area contributed by atoms with Gasteiger partial charge in [-0.3, -0.25) is 33.7 Å². The molecular weight excluding hydrogens is 716 g/mol. The van der Waals surface area contributed by atoms with E-state index in [0.717, 1.165) is 52.4 Å². The fraction of sp³-hybridized carbons (Fsp3) is 0.488. The first kappa shape index (κ1) is 39.0. The van der Waals surface area contributed by atoms with Gasteiger partial charge in [0.25, 0.3) is 17.4 Å². The second-order valence-corrected chi connectivity index (χ2v) is 15.9. The van der Waals surface area contributed by atoms with Crippen molar-refractivity contribution in [3.63, 3.8) is 0 Å². The Morgan fingerprint density at radius 1 is 0.964 bits per heavy atom. The van der Waals surface area contributed by atoms with Gasteiger partial charge in [-0.1, -0.05) is 33.3 Å². The Hall–Kier alpha value is -5.30. The SMILES string of the molecule is CC[C@@]1(O)C(=O)OCc2c1cc1n(c2=O)Cc2c-1nc1ccc(CC(=O)[C@H](C)NC(=O)[C@@H](CC(=O)CCCCCN3C(=O)C=CC3=O)C(C)C)c3c1c2CCC3. The highest BCUT2D eigenvalue weighted by molar-refractivity contribution is 6.12. The third-order valence-electron chi connectivity index (χ3n) is 12.1. The van der Waals surface area contributed by atoms with Gasteiger partial charge in [-0.25, -0.2) is 9.78 Å². The number of hydrogen-bond acceptors (Lipinski definition) is 10. The number of pyridine rings is 2. The van der Waals surface area contributed by atoms with E-state index in [4.69, 9.17) is 9.72 Å². The summed E-state index contributed by atoms with van der Waals surface area (Å²) in [6, 6.07) is 4.74. The Balaban J connectivity index is 1.02. The molecule has 2 N–H and O–H groups in total. The second kappa shape index (κ2) is 15.3. The molecular formula is C43H48N4O9. The van der Waals surface area contributed by atoms with Gasteiger partial charge in [0.2, 0.25) is 5.91 Å². The Morgan fingerprint density at radius 3 is 2.41 bits per heavy atom. The summed E-state index contributed by atoms with van der Waals surface area (Å²) in [5.41, 5.74) is 4.20. The molecule has 1 aliphatic carbocycles. The Bertz CT molecular complexity index is 2270. The van der Waals surface area contributed by atoms with Crippen molar-refractivity contribution < 1.29 is 38.6 Å². The number of unbranched alkanes of at least 4 members (excludes halogenated alkanes) is 2. The van der Waals surface area contributed by atoms with Crippen molar-refractivity contribution in [2.75, 3.05) is 6.54 Å². The molecule has 13 heteroatoms. The lowest BCUT2D eigenvalue weighted by molar-refractivity contribution is -0.172. The molecule has 13 nitrogen and oxygen atoms in total. The van der Waals surface area contributed by atoms with E-state index in [9.17, 15) is 38.7 Å². The number of ether oxygens (including phenoxy) is 1. The van der Waals surface area contributed by atoms with Crippen LogP contribution in [-0.2, 0) is 71.5 Å². The molecule has 1 aromatic carbocycles. The molecule has 2 aromatic heterocycles. The number of ketones is 2. The molecule has 7 rings (SSSR count). The van der Waals surface area contributed by atoms with Crippen LogP contribution in [0.3, 0.4) is 0 Å². The van der Waals surface area contributed by atoms with E-state index in [1.807, 2.05) is 26.0 Å². The third-order valence-corrected chi connectivity index (χ3v) is 12.1. The van der Waals surface area contributed by atoms with Crippen LogP contribution in [0.15, 0.2) is 35.1 Å². The van der Waals surface area contributed by atoms with Crippen LogP contribution in [0.5, 0.6) is 0 Å². The van der Waals surface area contributed by atoms with E-state index in [1.165, 1.54) is 17.1 Å². The minimum atomic E-state index is -1.91. The van der Waals surface area contributed by atoms with E-state index in [-0.39, 0.29) is 77.8 Å². The number of amides is 3. The van der Waals surface area contributed by atoms with Crippen molar-refractivity contribution in [3.8, 4) is 11.4 Å². The maximum absolute atomic E-state index is 13.8. The van der Waals surface area contributed by atoms with Gasteiger partial charge in [0.05, 0.1) is 35.1 Å². The van der Waals surface area contributed by atoms with Crippen molar-refractivity contribution in [2.45, 2.75) is 117 Å². The van der Waals surface area contributed by atoms with Crippen LogP contribution in [0.25, 0.3) is 22.3 Å². The van der Waals surface area contributed by atoms with Crippen LogP contribution in [0.1, 0.15) is 106 Å². The fourth-order valence-corrected chi connectivity index (χ4v) is 8.69. The summed E-state index contributed by atoms with van der Waals surface area (Å²) in [4.78, 5) is 96.0. The number of nitrogens with zero attached hydrogens (tertiary/aromatic N) is 3. The monoisotopic (exact) mass is 764 g/mol. The average molecular weight is 765 g/mol. The number of nitrogens with one attached hydrogen (secondary N) is 1. The largest absolute Gasteiger partial charge is 0.458 e. The van der Waals surface area contributed by atoms with Crippen LogP contribution in [0, 0.1) is 11.8 Å². The van der Waals surface area contributed by atoms with Gasteiger partial charge in [-0.05, 0) is 80.2 Å². The molecule has 3 atom stereocenters. The number of aromatic nitrogens is 2. The first-order valence-electron chi connectivity index (χ1n) is 19.7. The molecule has 3 aromatic rings. The van der Waals surface area contributed by atoms with Crippen molar-refractivity contribution in [2.24, 2.45) is 11.8 Å². The van der Waals surface area contributed by atoms with Crippen LogP contribution < -0.4 is 10.9 Å². The minimum absolute atomic E-state index is 0.0434. The smallest absolute Gasteiger partial charge is 0.343 e. The number of esters is 1. The molecule has 0 fully saturated rings. The van der Waals surface area contributed by atoms with Crippen molar-refractivity contribution in [1.29, 1.82) is 0 Å². The van der Waals surface area contributed by atoms with Crippen molar-refractivity contribution >= 4 is 46.2 Å². The first-order valence-corrected chi connectivity index (χ1v) is 19.7. The van der Waals surface area contributed by atoms with Crippen molar-refractivity contribution in [1.82, 2.24) is 19.8 Å². The summed E-state index contributed by atoms with van der Waals surface area (Å²) < 4.78 is 6.86. The van der Waals surface area contributed by atoms with Gasteiger partial charge in [-0.15, -0.1) is 0 Å². The molecule has 0 saturated carbocycles. The maximum atomic E-state index is 13.8. The van der Waals surface area contributed by atoms with E-state index < -0.39 is 23.5 Å². The zero-order chi connectivity index (χ0) is 40.1. The highest BCUT2D eigenvalue weighted by Crippen LogP contribution is 2.43. The van der Waals surface area contributed by atoms with Crippen LogP contribution in [0.4, 0.5) is 0 Å². The first-order chi connectivity index (χ1) is 26.7. The number of aryl methyl sites for hydroxylation is 2. The normalized spacial score (nSPS) is 19.2. The van der Waals surface area contributed by atoms with E-state index in [1.54, 1.807) is 24.5 Å². The molecule has 0 radical (unpaired) electrons. The lowest BCUT2D eigenvalue weighted by Crippen LogP contribution is -2.44. The van der Waals surface area contributed by atoms with Crippen molar-refractivity contribution in [3.05, 3.63) is 74.1 Å². The van der Waals surface area contributed by atoms with E-state index >= 15 is 0 Å². The topological polar surface area (TPSA) is 182 Å². The molecule has 3 aliphatic heterocycles. The number of aliphatic hydroxyl groups is 1. The summed E-state index contributed by atoms with van der Waals surface area (Å²) in [6.07, 6.45) is 7.26. The van der Waals surface area contributed by atoms with Crippen LogP contribution >= 0.6 is 0 Å². The predicted octanol–water partition coefficient (Wildman–Crippen LogP) is 3.90. The number of fused-ring (bicyclic) bond motifs is 5. The Kier molecular flexibility index (Phi) is 10.7. The number of carbonyl (C=O) groups excluding carboxylic acids is 6. The van der Waals surface area contributed by atoms with Gasteiger partial charge in [0.1, 0.15) is 12.4 Å². The molecule has 0 bridgehead atoms. The second-order valence-electron chi connectivity index (χ2n) is 15.9. The van der Waals surface area contributed by atoms with Gasteiger partial charge in [0, 0.05) is 60.4 Å². The number of cyclic esters (lactones) is 1. The van der Waals surface area contributed by atoms with Gasteiger partial charge in [0.15, 0.2) is 11.4 Å². The van der Waals surface area contributed by atoms with E-state index in [2.05, 4.69) is 5.32 Å². The number of benzene rings is 1. The zero-order valence-electron chi connectivity index (χ0n) is 32.4. The van der Waals surface area contributed by atoms with Gasteiger partial charge >= 0.3 is 5.97 Å². The Morgan fingerprint density at radius 2 is 1.70 bits per heavy atom. The lowest BCUT2D eigenvalue weighted by atomic mass is 9.83. The molecule has 56 heavy (non-hydrogen) atoms. The summed E-state index contributed by atoms with van der Waals surface area (Å²) in [5, 5.41) is 15.1. The number of rotatable bonds is 15. The predicted molar refractivity (Wildman–Crippen MR) is 205 cm³/mol. The molecule has 5 heterocycles. The van der Waals surface area contributed by atoms with E-state index in [0.29, 0.717) is 50.2 Å². The molecule has 0 unspecified atom stereocenters. The van der Waals surface area contributed by atoms with Gasteiger partial charge in [-0.2, -0.15) is 0 Å². The summed E-state index contributed by atoms with van der Waals surface area (Å²) in [7, 11) is 0. The highest BCUT2D eigenvalue weighted by atomic mass is 16.6. The molecule has 0 spiro atoms. The maximum Gasteiger partial charge on any atom is 0.343 e. The van der Waals surface area contributed by atoms with Gasteiger partial charge < -0.3 is 19.7 Å². The average Bonchev–Trinajstić information content (AvgIpc) is 3.71. The summed E-state index contributed by atoms with van der Waals surface area (Å²) >= 11 is 0. The zero-order valence-corrected chi connectivity index (χ0v) is 32.4. The molecule has 294 valence electrons.